The second kappa shape index (κ2) is 5.48. The SMILES string of the molecule is Cc1c(N)cccc1CSc1ccc(Cl)cc1. The molecule has 0 radical (unpaired) electrons. The van der Waals surface area contributed by atoms with E-state index in [9.17, 15) is 0 Å². The van der Waals surface area contributed by atoms with E-state index in [-0.39, 0.29) is 0 Å². The molecule has 88 valence electrons. The van der Waals surface area contributed by atoms with Crippen LogP contribution in [0.3, 0.4) is 0 Å². The number of hydrogen-bond donors (Lipinski definition) is 1. The highest BCUT2D eigenvalue weighted by atomic mass is 35.5. The summed E-state index contributed by atoms with van der Waals surface area (Å²) in [5.41, 5.74) is 9.20. The lowest BCUT2D eigenvalue weighted by Crippen LogP contribution is -1.93. The molecule has 1 nitrogen and oxygen atoms in total. The van der Waals surface area contributed by atoms with Crippen molar-refractivity contribution in [2.75, 3.05) is 5.73 Å². The Morgan fingerprint density at radius 3 is 2.53 bits per heavy atom. The molecule has 0 bridgehead atoms. The van der Waals surface area contributed by atoms with Crippen LogP contribution in [0.25, 0.3) is 0 Å². The number of benzene rings is 2. The molecule has 2 aromatic carbocycles. The summed E-state index contributed by atoms with van der Waals surface area (Å²) in [5, 5.41) is 0.773. The minimum absolute atomic E-state index is 0.773. The molecule has 0 fully saturated rings. The van der Waals surface area contributed by atoms with Crippen molar-refractivity contribution in [3.05, 3.63) is 58.6 Å². The van der Waals surface area contributed by atoms with Gasteiger partial charge in [-0.2, -0.15) is 0 Å². The van der Waals surface area contributed by atoms with Gasteiger partial charge in [0, 0.05) is 21.4 Å². The Morgan fingerprint density at radius 1 is 1.12 bits per heavy atom. The van der Waals surface area contributed by atoms with Gasteiger partial charge in [-0.1, -0.05) is 23.7 Å². The third-order valence-corrected chi connectivity index (χ3v) is 4.01. The zero-order valence-electron chi connectivity index (χ0n) is 9.61. The molecule has 0 unspecified atom stereocenters. The Bertz CT molecular complexity index is 508. The zero-order chi connectivity index (χ0) is 12.3. The van der Waals surface area contributed by atoms with Crippen molar-refractivity contribution in [3.63, 3.8) is 0 Å². The van der Waals surface area contributed by atoms with Crippen LogP contribution in [0.1, 0.15) is 11.1 Å². The molecule has 17 heavy (non-hydrogen) atoms. The summed E-state index contributed by atoms with van der Waals surface area (Å²) in [4.78, 5) is 1.22. The molecule has 0 aromatic heterocycles. The van der Waals surface area contributed by atoms with Gasteiger partial charge in [-0.15, -0.1) is 11.8 Å². The molecular formula is C14H14ClNS. The fourth-order valence-corrected chi connectivity index (χ4v) is 2.64. The molecule has 3 heteroatoms. The maximum atomic E-state index is 5.88. The number of thioether (sulfide) groups is 1. The molecule has 0 aliphatic carbocycles. The Morgan fingerprint density at radius 2 is 1.82 bits per heavy atom. The first-order valence-corrected chi connectivity index (χ1v) is 6.75. The van der Waals surface area contributed by atoms with Gasteiger partial charge in [-0.3, -0.25) is 0 Å². The number of anilines is 1. The van der Waals surface area contributed by atoms with Gasteiger partial charge < -0.3 is 5.73 Å². The van der Waals surface area contributed by atoms with Crippen LogP contribution in [0.15, 0.2) is 47.4 Å². The van der Waals surface area contributed by atoms with Crippen LogP contribution in [0.2, 0.25) is 5.02 Å². The lowest BCUT2D eigenvalue weighted by atomic mass is 10.1. The van der Waals surface area contributed by atoms with E-state index >= 15 is 0 Å². The zero-order valence-corrected chi connectivity index (χ0v) is 11.2. The van der Waals surface area contributed by atoms with Gasteiger partial charge in [0.25, 0.3) is 0 Å². The van der Waals surface area contributed by atoms with Crippen molar-refractivity contribution < 1.29 is 0 Å². The Balaban J connectivity index is 2.07. The predicted molar refractivity (Wildman–Crippen MR) is 76.6 cm³/mol. The first-order chi connectivity index (χ1) is 8.16. The van der Waals surface area contributed by atoms with Gasteiger partial charge in [-0.25, -0.2) is 0 Å². The van der Waals surface area contributed by atoms with Crippen LogP contribution in [0.5, 0.6) is 0 Å². The molecule has 2 rings (SSSR count). The van der Waals surface area contributed by atoms with E-state index in [1.165, 1.54) is 16.0 Å². The van der Waals surface area contributed by atoms with E-state index in [2.05, 4.69) is 13.0 Å². The summed E-state index contributed by atoms with van der Waals surface area (Å²) < 4.78 is 0. The van der Waals surface area contributed by atoms with Gasteiger partial charge in [0.15, 0.2) is 0 Å². The van der Waals surface area contributed by atoms with Gasteiger partial charge in [0.2, 0.25) is 0 Å². The summed E-state index contributed by atoms with van der Waals surface area (Å²) in [6.07, 6.45) is 0. The van der Waals surface area contributed by atoms with Crippen LogP contribution in [-0.4, -0.2) is 0 Å². The maximum Gasteiger partial charge on any atom is 0.0406 e. The fourth-order valence-electron chi connectivity index (χ4n) is 1.55. The molecule has 0 heterocycles. The summed E-state index contributed by atoms with van der Waals surface area (Å²) in [5.74, 6) is 0.929. The third kappa shape index (κ3) is 3.18. The quantitative estimate of drug-likeness (QED) is 0.651. The van der Waals surface area contributed by atoms with Crippen molar-refractivity contribution in [3.8, 4) is 0 Å². The number of nitrogen functional groups attached to an aromatic ring is 1. The second-order valence-electron chi connectivity index (χ2n) is 3.87. The Hall–Kier alpha value is -1.12. The smallest absolute Gasteiger partial charge is 0.0406 e. The van der Waals surface area contributed by atoms with E-state index in [0.29, 0.717) is 0 Å². The summed E-state index contributed by atoms with van der Waals surface area (Å²) >= 11 is 7.64. The highest BCUT2D eigenvalue weighted by Gasteiger charge is 2.02. The average molecular weight is 264 g/mol. The minimum Gasteiger partial charge on any atom is -0.399 e. The largest absolute Gasteiger partial charge is 0.399 e. The lowest BCUT2D eigenvalue weighted by molar-refractivity contribution is 1.30. The van der Waals surface area contributed by atoms with Crippen molar-refractivity contribution in [2.45, 2.75) is 17.6 Å². The molecule has 0 amide bonds. The fraction of sp³-hybridized carbons (Fsp3) is 0.143. The van der Waals surface area contributed by atoms with E-state index in [4.69, 9.17) is 17.3 Å². The van der Waals surface area contributed by atoms with Crippen LogP contribution in [0, 0.1) is 6.92 Å². The highest BCUT2D eigenvalue weighted by molar-refractivity contribution is 7.98. The van der Waals surface area contributed by atoms with E-state index < -0.39 is 0 Å². The molecule has 0 spiro atoms. The van der Waals surface area contributed by atoms with E-state index in [1.807, 2.05) is 36.4 Å². The standard InChI is InChI=1S/C14H14ClNS/c1-10-11(3-2-4-14(10)16)9-17-13-7-5-12(15)6-8-13/h2-8H,9,16H2,1H3. The number of rotatable bonds is 3. The average Bonchev–Trinajstić information content (AvgIpc) is 2.33. The number of halogens is 1. The van der Waals surface area contributed by atoms with Crippen molar-refractivity contribution in [2.24, 2.45) is 0 Å². The van der Waals surface area contributed by atoms with Crippen LogP contribution in [0.4, 0.5) is 5.69 Å². The molecule has 0 saturated carbocycles. The molecule has 0 saturated heterocycles. The highest BCUT2D eigenvalue weighted by Crippen LogP contribution is 2.27. The van der Waals surface area contributed by atoms with Gasteiger partial charge in [0.1, 0.15) is 0 Å². The summed E-state index contributed by atoms with van der Waals surface area (Å²) in [7, 11) is 0. The van der Waals surface area contributed by atoms with Crippen LogP contribution >= 0.6 is 23.4 Å². The summed E-state index contributed by atoms with van der Waals surface area (Å²) in [6, 6.07) is 14.0. The summed E-state index contributed by atoms with van der Waals surface area (Å²) in [6.45, 7) is 2.06. The molecule has 2 N–H and O–H groups in total. The van der Waals surface area contributed by atoms with Crippen molar-refractivity contribution in [1.29, 1.82) is 0 Å². The predicted octanol–water partition coefficient (Wildman–Crippen LogP) is 4.52. The molecule has 2 aromatic rings. The van der Waals surface area contributed by atoms with Gasteiger partial charge in [0.05, 0.1) is 0 Å². The number of hydrogen-bond acceptors (Lipinski definition) is 2. The van der Waals surface area contributed by atoms with E-state index in [0.717, 1.165) is 16.5 Å². The van der Waals surface area contributed by atoms with Crippen LogP contribution in [-0.2, 0) is 5.75 Å². The molecular weight excluding hydrogens is 250 g/mol. The molecule has 0 aliphatic rings. The third-order valence-electron chi connectivity index (χ3n) is 2.70. The van der Waals surface area contributed by atoms with Crippen molar-refractivity contribution >= 4 is 29.1 Å². The monoisotopic (exact) mass is 263 g/mol. The molecule has 0 atom stereocenters. The van der Waals surface area contributed by atoms with E-state index in [1.54, 1.807) is 11.8 Å². The lowest BCUT2D eigenvalue weighted by Gasteiger charge is -2.08. The van der Waals surface area contributed by atoms with Crippen LogP contribution < -0.4 is 5.73 Å². The minimum atomic E-state index is 0.773. The Labute approximate surface area is 111 Å². The first-order valence-electron chi connectivity index (χ1n) is 5.39. The number of nitrogens with two attached hydrogens (primary N) is 1. The Kier molecular flexibility index (Phi) is 3.97. The normalized spacial score (nSPS) is 10.5. The second-order valence-corrected chi connectivity index (χ2v) is 5.36. The van der Waals surface area contributed by atoms with Gasteiger partial charge >= 0.3 is 0 Å². The van der Waals surface area contributed by atoms with Crippen molar-refractivity contribution in [1.82, 2.24) is 0 Å². The molecule has 0 aliphatic heterocycles. The van der Waals surface area contributed by atoms with Gasteiger partial charge in [-0.05, 0) is 48.4 Å². The first kappa shape index (κ1) is 12.3. The topological polar surface area (TPSA) is 26.0 Å². The maximum absolute atomic E-state index is 5.88.